The first-order valence-electron chi connectivity index (χ1n) is 6.46. The van der Waals surface area contributed by atoms with Crippen LogP contribution in [0.25, 0.3) is 0 Å². The van der Waals surface area contributed by atoms with Gasteiger partial charge in [-0.1, -0.05) is 0 Å². The van der Waals surface area contributed by atoms with Crippen molar-refractivity contribution >= 4 is 0 Å². The molecule has 3 heteroatoms. The van der Waals surface area contributed by atoms with Crippen molar-refractivity contribution in [3.05, 3.63) is 28.8 Å². The van der Waals surface area contributed by atoms with E-state index in [2.05, 4.69) is 6.07 Å². The Labute approximate surface area is 108 Å². The van der Waals surface area contributed by atoms with Crippen LogP contribution in [-0.2, 0) is 4.74 Å². The van der Waals surface area contributed by atoms with Gasteiger partial charge in [0.25, 0.3) is 0 Å². The lowest BCUT2D eigenvalue weighted by Gasteiger charge is -2.23. The van der Waals surface area contributed by atoms with Gasteiger partial charge in [-0.05, 0) is 56.4 Å². The average molecular weight is 245 g/mol. The standard InChI is InChI=1S/C15H19NO2/c1-11-7-13(9-16)8-12(2)15(11)18-10-14-5-3-4-6-17-14/h7-8,14H,3-6,10H2,1-2H3. The molecule has 1 fully saturated rings. The Hall–Kier alpha value is -1.53. The third kappa shape index (κ3) is 3.02. The second kappa shape index (κ2) is 5.88. The van der Waals surface area contributed by atoms with Crippen molar-refractivity contribution in [2.75, 3.05) is 13.2 Å². The number of nitriles is 1. The van der Waals surface area contributed by atoms with Crippen molar-refractivity contribution in [3.63, 3.8) is 0 Å². The third-order valence-electron chi connectivity index (χ3n) is 3.28. The highest BCUT2D eigenvalue weighted by Gasteiger charge is 2.15. The maximum atomic E-state index is 8.90. The van der Waals surface area contributed by atoms with Gasteiger partial charge in [-0.3, -0.25) is 0 Å². The number of ether oxygens (including phenoxy) is 2. The summed E-state index contributed by atoms with van der Waals surface area (Å²) in [6.07, 6.45) is 3.67. The van der Waals surface area contributed by atoms with Gasteiger partial charge in [0.05, 0.1) is 17.7 Å². The fourth-order valence-corrected chi connectivity index (χ4v) is 2.36. The van der Waals surface area contributed by atoms with Gasteiger partial charge in [0.15, 0.2) is 0 Å². The van der Waals surface area contributed by atoms with Crippen LogP contribution in [0.3, 0.4) is 0 Å². The minimum atomic E-state index is 0.216. The van der Waals surface area contributed by atoms with Gasteiger partial charge in [-0.2, -0.15) is 5.26 Å². The molecular weight excluding hydrogens is 226 g/mol. The van der Waals surface area contributed by atoms with Gasteiger partial charge >= 0.3 is 0 Å². The Morgan fingerprint density at radius 3 is 2.61 bits per heavy atom. The highest BCUT2D eigenvalue weighted by molar-refractivity contribution is 5.47. The molecule has 0 bridgehead atoms. The maximum absolute atomic E-state index is 8.90. The predicted molar refractivity (Wildman–Crippen MR) is 69.7 cm³/mol. The molecule has 0 amide bonds. The summed E-state index contributed by atoms with van der Waals surface area (Å²) in [6, 6.07) is 5.89. The summed E-state index contributed by atoms with van der Waals surface area (Å²) in [6.45, 7) is 5.41. The SMILES string of the molecule is Cc1cc(C#N)cc(C)c1OCC1CCCCO1. The first-order valence-corrected chi connectivity index (χ1v) is 6.46. The molecule has 0 aromatic heterocycles. The Bertz CT molecular complexity index is 433. The van der Waals surface area contributed by atoms with Crippen LogP contribution in [0.5, 0.6) is 5.75 Å². The summed E-state index contributed by atoms with van der Waals surface area (Å²) < 4.78 is 11.5. The molecule has 0 saturated carbocycles. The molecule has 0 spiro atoms. The monoisotopic (exact) mass is 245 g/mol. The van der Waals surface area contributed by atoms with Crippen molar-refractivity contribution in [1.29, 1.82) is 5.26 Å². The van der Waals surface area contributed by atoms with Crippen LogP contribution in [0, 0.1) is 25.2 Å². The van der Waals surface area contributed by atoms with Crippen molar-refractivity contribution in [3.8, 4) is 11.8 Å². The topological polar surface area (TPSA) is 42.2 Å². The lowest BCUT2D eigenvalue weighted by molar-refractivity contribution is -0.0113. The number of rotatable bonds is 3. The van der Waals surface area contributed by atoms with Crippen LogP contribution in [0.15, 0.2) is 12.1 Å². The molecule has 96 valence electrons. The zero-order valence-electron chi connectivity index (χ0n) is 11.0. The molecule has 1 aromatic rings. The molecule has 1 aliphatic heterocycles. The molecule has 2 rings (SSSR count). The lowest BCUT2D eigenvalue weighted by Crippen LogP contribution is -2.26. The van der Waals surface area contributed by atoms with E-state index >= 15 is 0 Å². The van der Waals surface area contributed by atoms with Gasteiger partial charge in [0.1, 0.15) is 12.4 Å². The van der Waals surface area contributed by atoms with Crippen LogP contribution in [0.4, 0.5) is 0 Å². The minimum Gasteiger partial charge on any atom is -0.490 e. The van der Waals surface area contributed by atoms with E-state index in [1.165, 1.54) is 6.42 Å². The number of aryl methyl sites for hydroxylation is 2. The molecule has 0 radical (unpaired) electrons. The summed E-state index contributed by atoms with van der Waals surface area (Å²) in [4.78, 5) is 0. The summed E-state index contributed by atoms with van der Waals surface area (Å²) in [5.41, 5.74) is 2.72. The Balaban J connectivity index is 2.02. The van der Waals surface area contributed by atoms with Crippen molar-refractivity contribution in [1.82, 2.24) is 0 Å². The molecule has 1 saturated heterocycles. The lowest BCUT2D eigenvalue weighted by atomic mass is 10.1. The third-order valence-corrected chi connectivity index (χ3v) is 3.28. The highest BCUT2D eigenvalue weighted by atomic mass is 16.5. The molecule has 3 nitrogen and oxygen atoms in total. The zero-order valence-corrected chi connectivity index (χ0v) is 11.0. The predicted octanol–water partition coefficient (Wildman–Crippen LogP) is 3.12. The van der Waals surface area contributed by atoms with E-state index in [0.717, 1.165) is 36.3 Å². The number of hydrogen-bond acceptors (Lipinski definition) is 3. The van der Waals surface area contributed by atoms with Gasteiger partial charge in [0, 0.05) is 6.61 Å². The second-order valence-corrected chi connectivity index (χ2v) is 4.85. The van der Waals surface area contributed by atoms with E-state index in [1.54, 1.807) is 0 Å². The van der Waals surface area contributed by atoms with Crippen molar-refractivity contribution < 1.29 is 9.47 Å². The molecule has 1 aliphatic rings. The fraction of sp³-hybridized carbons (Fsp3) is 0.533. The van der Waals surface area contributed by atoms with E-state index in [1.807, 2.05) is 26.0 Å². The van der Waals surface area contributed by atoms with E-state index in [-0.39, 0.29) is 6.10 Å². The van der Waals surface area contributed by atoms with E-state index in [4.69, 9.17) is 14.7 Å². The first-order chi connectivity index (χ1) is 8.70. The maximum Gasteiger partial charge on any atom is 0.125 e. The van der Waals surface area contributed by atoms with Crippen LogP contribution in [0.1, 0.15) is 36.0 Å². The summed E-state index contributed by atoms with van der Waals surface area (Å²) in [5, 5.41) is 8.90. The first kappa shape index (κ1) is 12.9. The molecule has 1 unspecified atom stereocenters. The Morgan fingerprint density at radius 2 is 2.06 bits per heavy atom. The van der Waals surface area contributed by atoms with Gasteiger partial charge in [0.2, 0.25) is 0 Å². The van der Waals surface area contributed by atoms with Crippen LogP contribution >= 0.6 is 0 Å². The van der Waals surface area contributed by atoms with Crippen LogP contribution in [-0.4, -0.2) is 19.3 Å². The molecule has 1 heterocycles. The van der Waals surface area contributed by atoms with Crippen LogP contribution < -0.4 is 4.74 Å². The van der Waals surface area contributed by atoms with Gasteiger partial charge in [-0.25, -0.2) is 0 Å². The van der Waals surface area contributed by atoms with E-state index < -0.39 is 0 Å². The quantitative estimate of drug-likeness (QED) is 0.821. The van der Waals surface area contributed by atoms with Gasteiger partial charge < -0.3 is 9.47 Å². The number of benzene rings is 1. The molecule has 0 N–H and O–H groups in total. The summed E-state index contributed by atoms with van der Waals surface area (Å²) in [5.74, 6) is 0.892. The summed E-state index contributed by atoms with van der Waals surface area (Å²) in [7, 11) is 0. The van der Waals surface area contributed by atoms with Crippen LogP contribution in [0.2, 0.25) is 0 Å². The summed E-state index contributed by atoms with van der Waals surface area (Å²) >= 11 is 0. The minimum absolute atomic E-state index is 0.216. The molecule has 0 aliphatic carbocycles. The highest BCUT2D eigenvalue weighted by Crippen LogP contribution is 2.25. The van der Waals surface area contributed by atoms with E-state index in [0.29, 0.717) is 12.2 Å². The normalized spacial score (nSPS) is 19.3. The number of hydrogen-bond donors (Lipinski definition) is 0. The Kier molecular flexibility index (Phi) is 4.22. The fourth-order valence-electron chi connectivity index (χ4n) is 2.36. The van der Waals surface area contributed by atoms with Crippen molar-refractivity contribution in [2.45, 2.75) is 39.2 Å². The molecule has 18 heavy (non-hydrogen) atoms. The zero-order chi connectivity index (χ0) is 13.0. The number of nitrogens with zero attached hydrogens (tertiary/aromatic N) is 1. The average Bonchev–Trinajstić information content (AvgIpc) is 2.38. The second-order valence-electron chi connectivity index (χ2n) is 4.85. The molecule has 1 aromatic carbocycles. The van der Waals surface area contributed by atoms with Gasteiger partial charge in [-0.15, -0.1) is 0 Å². The Morgan fingerprint density at radius 1 is 1.33 bits per heavy atom. The van der Waals surface area contributed by atoms with Crippen molar-refractivity contribution in [2.24, 2.45) is 0 Å². The molecule has 1 atom stereocenters. The smallest absolute Gasteiger partial charge is 0.125 e. The van der Waals surface area contributed by atoms with E-state index in [9.17, 15) is 0 Å². The largest absolute Gasteiger partial charge is 0.490 e. The molecular formula is C15H19NO2.